The third kappa shape index (κ3) is 3.02. The van der Waals surface area contributed by atoms with Crippen LogP contribution in [0.1, 0.15) is 51.2 Å². The van der Waals surface area contributed by atoms with E-state index in [1.165, 1.54) is 25.0 Å². The molecule has 18 heavy (non-hydrogen) atoms. The van der Waals surface area contributed by atoms with Gasteiger partial charge in [0.15, 0.2) is 0 Å². The highest BCUT2D eigenvalue weighted by atomic mass is 19.1. The lowest BCUT2D eigenvalue weighted by Gasteiger charge is -2.28. The van der Waals surface area contributed by atoms with Crippen molar-refractivity contribution in [3.63, 3.8) is 0 Å². The summed E-state index contributed by atoms with van der Waals surface area (Å²) in [5, 5.41) is 9.81. The van der Waals surface area contributed by atoms with E-state index in [2.05, 4.69) is 11.8 Å². The molecule has 0 amide bonds. The van der Waals surface area contributed by atoms with Crippen LogP contribution in [0.5, 0.6) is 0 Å². The molecule has 0 radical (unpaired) electrons. The van der Waals surface area contributed by atoms with E-state index in [1.54, 1.807) is 6.92 Å². The van der Waals surface area contributed by atoms with Crippen molar-refractivity contribution in [3.05, 3.63) is 29.6 Å². The molecule has 1 aliphatic rings. The van der Waals surface area contributed by atoms with Crippen molar-refractivity contribution < 1.29 is 9.50 Å². The third-order valence-electron chi connectivity index (χ3n) is 3.49. The lowest BCUT2D eigenvalue weighted by Crippen LogP contribution is -2.28. The number of nitrogens with zero attached hydrogens (tertiary/aromatic N) is 1. The third-order valence-corrected chi connectivity index (χ3v) is 3.49. The van der Waals surface area contributed by atoms with Crippen molar-refractivity contribution in [2.45, 2.75) is 51.7 Å². The summed E-state index contributed by atoms with van der Waals surface area (Å²) in [6.45, 7) is 4.86. The number of rotatable bonds is 6. The summed E-state index contributed by atoms with van der Waals surface area (Å²) < 4.78 is 13.3. The SMILES string of the molecule is CCCCN(c1ccc(F)cc1[C@H](C)O)C1CC1. The van der Waals surface area contributed by atoms with Crippen molar-refractivity contribution in [2.75, 3.05) is 11.4 Å². The second-order valence-corrected chi connectivity index (χ2v) is 5.16. The highest BCUT2D eigenvalue weighted by Gasteiger charge is 2.30. The Morgan fingerprint density at radius 1 is 1.44 bits per heavy atom. The topological polar surface area (TPSA) is 23.5 Å². The largest absolute Gasteiger partial charge is 0.389 e. The molecule has 2 nitrogen and oxygen atoms in total. The van der Waals surface area contributed by atoms with E-state index >= 15 is 0 Å². The quantitative estimate of drug-likeness (QED) is 0.834. The molecule has 1 N–H and O–H groups in total. The van der Waals surface area contributed by atoms with E-state index in [9.17, 15) is 9.50 Å². The van der Waals surface area contributed by atoms with Crippen molar-refractivity contribution in [2.24, 2.45) is 0 Å². The van der Waals surface area contributed by atoms with Gasteiger partial charge < -0.3 is 10.0 Å². The Bertz CT molecular complexity index is 401. The zero-order valence-electron chi connectivity index (χ0n) is 11.2. The summed E-state index contributed by atoms with van der Waals surface area (Å²) in [4.78, 5) is 2.34. The van der Waals surface area contributed by atoms with Gasteiger partial charge >= 0.3 is 0 Å². The number of aliphatic hydroxyl groups is 1. The van der Waals surface area contributed by atoms with Crippen LogP contribution in [0.15, 0.2) is 18.2 Å². The number of aliphatic hydroxyl groups excluding tert-OH is 1. The van der Waals surface area contributed by atoms with E-state index in [4.69, 9.17) is 0 Å². The fraction of sp³-hybridized carbons (Fsp3) is 0.600. The van der Waals surface area contributed by atoms with Crippen LogP contribution < -0.4 is 4.90 Å². The number of halogens is 1. The number of unbranched alkanes of at least 4 members (excludes halogenated alkanes) is 1. The van der Waals surface area contributed by atoms with E-state index < -0.39 is 6.10 Å². The second-order valence-electron chi connectivity index (χ2n) is 5.16. The van der Waals surface area contributed by atoms with Gasteiger partial charge in [-0.3, -0.25) is 0 Å². The van der Waals surface area contributed by atoms with Gasteiger partial charge in [-0.1, -0.05) is 13.3 Å². The molecular weight excluding hydrogens is 229 g/mol. The predicted octanol–water partition coefficient (Wildman–Crippen LogP) is 3.65. The summed E-state index contributed by atoms with van der Waals surface area (Å²) in [6, 6.07) is 5.34. The Labute approximate surface area is 108 Å². The maximum Gasteiger partial charge on any atom is 0.123 e. The fourth-order valence-electron chi connectivity index (χ4n) is 2.34. The molecule has 0 aromatic heterocycles. The van der Waals surface area contributed by atoms with Gasteiger partial charge in [0.1, 0.15) is 5.82 Å². The first-order valence-corrected chi connectivity index (χ1v) is 6.87. The molecule has 0 bridgehead atoms. The maximum absolute atomic E-state index is 13.3. The predicted molar refractivity (Wildman–Crippen MR) is 72.3 cm³/mol. The minimum atomic E-state index is -0.626. The van der Waals surface area contributed by atoms with Crippen LogP contribution in [0.4, 0.5) is 10.1 Å². The molecule has 1 atom stereocenters. The first-order valence-electron chi connectivity index (χ1n) is 6.87. The molecule has 100 valence electrons. The van der Waals surface area contributed by atoms with Crippen molar-refractivity contribution in [3.8, 4) is 0 Å². The lowest BCUT2D eigenvalue weighted by molar-refractivity contribution is 0.199. The number of hydrogen-bond acceptors (Lipinski definition) is 2. The molecule has 1 aromatic carbocycles. The maximum atomic E-state index is 13.3. The van der Waals surface area contributed by atoms with Crippen LogP contribution in [0.3, 0.4) is 0 Å². The monoisotopic (exact) mass is 251 g/mol. The Balaban J connectivity index is 2.28. The zero-order chi connectivity index (χ0) is 13.1. The van der Waals surface area contributed by atoms with Gasteiger partial charge in [0.05, 0.1) is 6.10 Å². The molecule has 1 fully saturated rings. The Hall–Kier alpha value is -1.09. The van der Waals surface area contributed by atoms with Gasteiger partial charge in [-0.05, 0) is 44.4 Å². The van der Waals surface area contributed by atoms with Gasteiger partial charge in [0, 0.05) is 23.8 Å². The summed E-state index contributed by atoms with van der Waals surface area (Å²) in [5.74, 6) is -0.277. The molecule has 0 heterocycles. The van der Waals surface area contributed by atoms with E-state index in [0.29, 0.717) is 11.6 Å². The molecule has 0 aliphatic heterocycles. The van der Waals surface area contributed by atoms with E-state index in [1.807, 2.05) is 6.07 Å². The standard InChI is InChI=1S/C15H22FNO/c1-3-4-9-17(13-6-7-13)15-8-5-12(16)10-14(15)11(2)18/h5,8,10-11,13,18H,3-4,6-7,9H2,1-2H3/t11-/m0/s1. The minimum absolute atomic E-state index is 0.277. The highest BCUT2D eigenvalue weighted by molar-refractivity contribution is 5.56. The van der Waals surface area contributed by atoms with Crippen LogP contribution in [-0.4, -0.2) is 17.7 Å². The van der Waals surface area contributed by atoms with Crippen LogP contribution in [-0.2, 0) is 0 Å². The number of anilines is 1. The molecule has 2 rings (SSSR count). The Morgan fingerprint density at radius 3 is 2.72 bits per heavy atom. The second kappa shape index (κ2) is 5.70. The molecule has 1 aromatic rings. The van der Waals surface area contributed by atoms with Gasteiger partial charge in [-0.25, -0.2) is 4.39 Å². The van der Waals surface area contributed by atoms with E-state index in [0.717, 1.165) is 25.1 Å². The minimum Gasteiger partial charge on any atom is -0.389 e. The van der Waals surface area contributed by atoms with Crippen molar-refractivity contribution >= 4 is 5.69 Å². The molecule has 3 heteroatoms. The average Bonchev–Trinajstić information content (AvgIpc) is 3.15. The first-order chi connectivity index (χ1) is 8.63. The number of hydrogen-bond donors (Lipinski definition) is 1. The number of benzene rings is 1. The Morgan fingerprint density at radius 2 is 2.17 bits per heavy atom. The summed E-state index contributed by atoms with van der Waals surface area (Å²) >= 11 is 0. The van der Waals surface area contributed by atoms with Crippen LogP contribution in [0.2, 0.25) is 0 Å². The highest BCUT2D eigenvalue weighted by Crippen LogP contribution is 2.36. The molecule has 0 spiro atoms. The summed E-state index contributed by atoms with van der Waals surface area (Å²) in [6.07, 6.45) is 4.07. The van der Waals surface area contributed by atoms with Crippen LogP contribution in [0, 0.1) is 5.82 Å². The molecule has 1 aliphatic carbocycles. The lowest BCUT2D eigenvalue weighted by atomic mass is 10.1. The molecule has 0 saturated heterocycles. The normalized spacial score (nSPS) is 16.7. The molecule has 0 unspecified atom stereocenters. The molecule has 1 saturated carbocycles. The Kier molecular flexibility index (Phi) is 4.23. The van der Waals surface area contributed by atoms with Crippen LogP contribution in [0.25, 0.3) is 0 Å². The smallest absolute Gasteiger partial charge is 0.123 e. The van der Waals surface area contributed by atoms with Crippen molar-refractivity contribution in [1.82, 2.24) is 0 Å². The summed E-state index contributed by atoms with van der Waals surface area (Å²) in [7, 11) is 0. The fourth-order valence-corrected chi connectivity index (χ4v) is 2.34. The van der Waals surface area contributed by atoms with Gasteiger partial charge in [-0.2, -0.15) is 0 Å². The van der Waals surface area contributed by atoms with Crippen LogP contribution >= 0.6 is 0 Å². The average molecular weight is 251 g/mol. The van der Waals surface area contributed by atoms with Gasteiger partial charge in [0.25, 0.3) is 0 Å². The molecular formula is C15H22FNO. The van der Waals surface area contributed by atoms with E-state index in [-0.39, 0.29) is 5.82 Å². The van der Waals surface area contributed by atoms with Crippen molar-refractivity contribution in [1.29, 1.82) is 0 Å². The zero-order valence-corrected chi connectivity index (χ0v) is 11.2. The van der Waals surface area contributed by atoms with Gasteiger partial charge in [0.2, 0.25) is 0 Å². The first kappa shape index (κ1) is 13.3. The summed E-state index contributed by atoms with van der Waals surface area (Å²) in [5.41, 5.74) is 1.71. The van der Waals surface area contributed by atoms with Gasteiger partial charge in [-0.15, -0.1) is 0 Å².